The van der Waals surface area contributed by atoms with E-state index in [9.17, 15) is 4.79 Å². The zero-order valence-electron chi connectivity index (χ0n) is 10.9. The molecule has 0 radical (unpaired) electrons. The van der Waals surface area contributed by atoms with Gasteiger partial charge >= 0.3 is 0 Å². The molecular formula is C15H20BrNO. The molecule has 0 aromatic heterocycles. The number of rotatable bonds is 6. The molecule has 0 heterocycles. The Balaban J connectivity index is 2.45. The van der Waals surface area contributed by atoms with E-state index in [1.165, 1.54) is 0 Å². The van der Waals surface area contributed by atoms with Gasteiger partial charge in [0, 0.05) is 17.1 Å². The smallest absolute Gasteiger partial charge is 0.244 e. The molecule has 3 heteroatoms. The van der Waals surface area contributed by atoms with Crippen molar-refractivity contribution in [3.05, 3.63) is 40.4 Å². The summed E-state index contributed by atoms with van der Waals surface area (Å²) >= 11 is 3.40. The van der Waals surface area contributed by atoms with Crippen molar-refractivity contribution in [3.8, 4) is 0 Å². The van der Waals surface area contributed by atoms with Crippen LogP contribution in [-0.4, -0.2) is 12.5 Å². The maximum absolute atomic E-state index is 11.6. The second-order valence-electron chi connectivity index (χ2n) is 4.32. The molecule has 1 amide bonds. The van der Waals surface area contributed by atoms with E-state index in [0.29, 0.717) is 5.92 Å². The highest BCUT2D eigenvalue weighted by atomic mass is 79.9. The van der Waals surface area contributed by atoms with Crippen LogP contribution in [0.15, 0.2) is 34.8 Å². The Morgan fingerprint density at radius 2 is 2.11 bits per heavy atom. The van der Waals surface area contributed by atoms with Crippen LogP contribution in [0.2, 0.25) is 0 Å². The first-order valence-electron chi connectivity index (χ1n) is 6.37. The molecule has 0 aliphatic heterocycles. The van der Waals surface area contributed by atoms with Gasteiger partial charge in [-0.25, -0.2) is 0 Å². The molecule has 0 unspecified atom stereocenters. The first kappa shape index (κ1) is 15.0. The lowest BCUT2D eigenvalue weighted by molar-refractivity contribution is -0.116. The van der Waals surface area contributed by atoms with Crippen LogP contribution in [0.25, 0.3) is 6.08 Å². The Bertz CT molecular complexity index is 411. The van der Waals surface area contributed by atoms with Gasteiger partial charge in [-0.05, 0) is 29.7 Å². The van der Waals surface area contributed by atoms with Gasteiger partial charge in [-0.15, -0.1) is 0 Å². The summed E-state index contributed by atoms with van der Waals surface area (Å²) in [5, 5.41) is 2.93. The van der Waals surface area contributed by atoms with Crippen LogP contribution in [0.5, 0.6) is 0 Å². The summed E-state index contributed by atoms with van der Waals surface area (Å²) in [6.07, 6.45) is 5.62. The number of amides is 1. The summed E-state index contributed by atoms with van der Waals surface area (Å²) in [6, 6.07) is 7.86. The molecule has 2 nitrogen and oxygen atoms in total. The predicted molar refractivity (Wildman–Crippen MR) is 80.3 cm³/mol. The van der Waals surface area contributed by atoms with Crippen molar-refractivity contribution >= 4 is 27.9 Å². The summed E-state index contributed by atoms with van der Waals surface area (Å²) in [6.45, 7) is 5.06. The minimum atomic E-state index is -0.0260. The fourth-order valence-electron chi connectivity index (χ4n) is 1.66. The van der Waals surface area contributed by atoms with Crippen LogP contribution in [-0.2, 0) is 4.79 Å². The lowest BCUT2D eigenvalue weighted by Gasteiger charge is -2.11. The highest BCUT2D eigenvalue weighted by Crippen LogP contribution is 2.12. The van der Waals surface area contributed by atoms with Crippen LogP contribution in [0.1, 0.15) is 32.3 Å². The van der Waals surface area contributed by atoms with E-state index in [4.69, 9.17) is 0 Å². The van der Waals surface area contributed by atoms with E-state index in [2.05, 4.69) is 35.1 Å². The van der Waals surface area contributed by atoms with E-state index in [-0.39, 0.29) is 5.91 Å². The third-order valence-electron chi connectivity index (χ3n) is 3.00. The topological polar surface area (TPSA) is 29.1 Å². The minimum Gasteiger partial charge on any atom is -0.352 e. The fraction of sp³-hybridized carbons (Fsp3) is 0.400. The molecule has 0 spiro atoms. The summed E-state index contributed by atoms with van der Waals surface area (Å²) in [7, 11) is 0. The number of carbonyl (C=O) groups excluding carboxylic acids is 1. The number of hydrogen-bond donors (Lipinski definition) is 1. The molecule has 1 rings (SSSR count). The Hall–Kier alpha value is -1.09. The van der Waals surface area contributed by atoms with Gasteiger partial charge in [0.15, 0.2) is 0 Å². The van der Waals surface area contributed by atoms with Crippen LogP contribution >= 0.6 is 15.9 Å². The number of nitrogens with one attached hydrogen (secondary N) is 1. The maximum atomic E-state index is 11.6. The molecule has 0 bridgehead atoms. The molecule has 0 saturated heterocycles. The van der Waals surface area contributed by atoms with Crippen molar-refractivity contribution < 1.29 is 4.79 Å². The molecule has 0 aliphatic carbocycles. The number of carbonyl (C=O) groups is 1. The average Bonchev–Trinajstić information content (AvgIpc) is 2.37. The molecule has 0 atom stereocenters. The molecule has 0 fully saturated rings. The summed E-state index contributed by atoms with van der Waals surface area (Å²) in [4.78, 5) is 11.6. The first-order chi connectivity index (χ1) is 8.65. The summed E-state index contributed by atoms with van der Waals surface area (Å²) in [5.41, 5.74) is 1.02. The second kappa shape index (κ2) is 8.09. The first-order valence-corrected chi connectivity index (χ1v) is 7.16. The maximum Gasteiger partial charge on any atom is 0.244 e. The van der Waals surface area contributed by atoms with Crippen LogP contribution in [0, 0.1) is 5.92 Å². The SMILES string of the molecule is CCC(CC)CNC(=O)/C=C/c1cccc(Br)c1. The monoisotopic (exact) mass is 309 g/mol. The van der Waals surface area contributed by atoms with Crippen molar-refractivity contribution in [2.24, 2.45) is 5.92 Å². The number of benzene rings is 1. The average molecular weight is 310 g/mol. The van der Waals surface area contributed by atoms with Gasteiger partial charge in [-0.1, -0.05) is 54.8 Å². The van der Waals surface area contributed by atoms with Gasteiger partial charge in [-0.2, -0.15) is 0 Å². The van der Waals surface area contributed by atoms with Gasteiger partial charge in [0.25, 0.3) is 0 Å². The summed E-state index contributed by atoms with van der Waals surface area (Å²) < 4.78 is 1.02. The third-order valence-corrected chi connectivity index (χ3v) is 3.49. The fourth-order valence-corrected chi connectivity index (χ4v) is 2.08. The highest BCUT2D eigenvalue weighted by Gasteiger charge is 2.04. The predicted octanol–water partition coefficient (Wildman–Crippen LogP) is 4.01. The molecule has 18 heavy (non-hydrogen) atoms. The van der Waals surface area contributed by atoms with Gasteiger partial charge < -0.3 is 5.32 Å². The lowest BCUT2D eigenvalue weighted by atomic mass is 10.0. The van der Waals surface area contributed by atoms with E-state index in [0.717, 1.165) is 29.4 Å². The van der Waals surface area contributed by atoms with Crippen LogP contribution < -0.4 is 5.32 Å². The van der Waals surface area contributed by atoms with Gasteiger partial charge in [0.2, 0.25) is 5.91 Å². The zero-order chi connectivity index (χ0) is 13.4. The van der Waals surface area contributed by atoms with E-state index < -0.39 is 0 Å². The molecule has 1 aromatic rings. The van der Waals surface area contributed by atoms with E-state index >= 15 is 0 Å². The molecule has 1 N–H and O–H groups in total. The number of hydrogen-bond acceptors (Lipinski definition) is 1. The van der Waals surface area contributed by atoms with Gasteiger partial charge in [0.1, 0.15) is 0 Å². The lowest BCUT2D eigenvalue weighted by Crippen LogP contribution is -2.27. The van der Waals surface area contributed by atoms with Crippen molar-refractivity contribution in [3.63, 3.8) is 0 Å². The van der Waals surface area contributed by atoms with E-state index in [1.54, 1.807) is 6.08 Å². The normalized spacial score (nSPS) is 11.1. The largest absolute Gasteiger partial charge is 0.352 e. The van der Waals surface area contributed by atoms with Crippen molar-refractivity contribution in [2.75, 3.05) is 6.54 Å². The third kappa shape index (κ3) is 5.50. The number of halogens is 1. The second-order valence-corrected chi connectivity index (χ2v) is 5.23. The van der Waals surface area contributed by atoms with Crippen molar-refractivity contribution in [1.29, 1.82) is 0 Å². The molecule has 98 valence electrons. The Morgan fingerprint density at radius 1 is 1.39 bits per heavy atom. The zero-order valence-corrected chi connectivity index (χ0v) is 12.5. The molecule has 1 aromatic carbocycles. The van der Waals surface area contributed by atoms with Crippen LogP contribution in [0.3, 0.4) is 0 Å². The Labute approximate surface area is 118 Å². The molecule has 0 saturated carbocycles. The summed E-state index contributed by atoms with van der Waals surface area (Å²) in [5.74, 6) is 0.551. The molecular weight excluding hydrogens is 290 g/mol. The van der Waals surface area contributed by atoms with Gasteiger partial charge in [-0.3, -0.25) is 4.79 Å². The van der Waals surface area contributed by atoms with E-state index in [1.807, 2.05) is 30.3 Å². The van der Waals surface area contributed by atoms with Crippen molar-refractivity contribution in [2.45, 2.75) is 26.7 Å². The van der Waals surface area contributed by atoms with Crippen molar-refractivity contribution in [1.82, 2.24) is 5.32 Å². The minimum absolute atomic E-state index is 0.0260. The molecule has 0 aliphatic rings. The highest BCUT2D eigenvalue weighted by molar-refractivity contribution is 9.10. The van der Waals surface area contributed by atoms with Gasteiger partial charge in [0.05, 0.1) is 0 Å². The van der Waals surface area contributed by atoms with Crippen LogP contribution in [0.4, 0.5) is 0 Å². The quantitative estimate of drug-likeness (QED) is 0.790. The Kier molecular flexibility index (Phi) is 6.73. The Morgan fingerprint density at radius 3 is 2.72 bits per heavy atom. The standard InChI is InChI=1S/C15H20BrNO/c1-3-12(4-2)11-17-15(18)9-8-13-6-5-7-14(16)10-13/h5-10,12H,3-4,11H2,1-2H3,(H,17,18)/b9-8+.